The summed E-state index contributed by atoms with van der Waals surface area (Å²) < 4.78 is 21.0. The molecule has 0 aromatic carbocycles. The van der Waals surface area contributed by atoms with Gasteiger partial charge in [0.2, 0.25) is 0 Å². The van der Waals surface area contributed by atoms with Crippen LogP contribution in [0.25, 0.3) is 0 Å². The molecular weight excluding hydrogens is 143 g/mol. The van der Waals surface area contributed by atoms with E-state index in [2.05, 4.69) is 9.47 Å². The number of carbonyl (C=O) groups is 1. The quantitative estimate of drug-likeness (QED) is 0.591. The fourth-order valence-electron chi connectivity index (χ4n) is 0.231. The van der Waals surface area contributed by atoms with Crippen molar-refractivity contribution in [1.82, 2.24) is 0 Å². The lowest BCUT2D eigenvalue weighted by Gasteiger charge is -2.14. The molecule has 4 nitrogen and oxygen atoms in total. The summed E-state index contributed by atoms with van der Waals surface area (Å²) in [6, 6.07) is 0. The van der Waals surface area contributed by atoms with E-state index in [0.29, 0.717) is 0 Å². The van der Waals surface area contributed by atoms with Crippen molar-refractivity contribution in [2.45, 2.75) is 12.8 Å². The average molecular weight is 152 g/mol. The lowest BCUT2D eigenvalue weighted by Crippen LogP contribution is -2.33. The highest BCUT2D eigenvalue weighted by Crippen LogP contribution is 2.11. The molecule has 0 saturated carbocycles. The number of carboxylic acids is 1. The van der Waals surface area contributed by atoms with Crippen molar-refractivity contribution in [1.29, 1.82) is 0 Å². The normalized spacial score (nSPS) is 16.3. The largest absolute Gasteiger partial charge is 0.477 e. The van der Waals surface area contributed by atoms with Crippen LogP contribution in [0.3, 0.4) is 0 Å². The third kappa shape index (κ3) is 2.75. The van der Waals surface area contributed by atoms with Gasteiger partial charge in [0.15, 0.2) is 6.79 Å². The van der Waals surface area contributed by atoms with Gasteiger partial charge in [-0.2, -0.15) is 4.39 Å². The van der Waals surface area contributed by atoms with Gasteiger partial charge in [0, 0.05) is 14.0 Å². The van der Waals surface area contributed by atoms with Crippen molar-refractivity contribution in [2.24, 2.45) is 0 Å². The molecule has 0 aromatic rings. The Balaban J connectivity index is 3.75. The zero-order valence-corrected chi connectivity index (χ0v) is 5.76. The summed E-state index contributed by atoms with van der Waals surface area (Å²) in [5.74, 6) is -4.32. The number of hydrogen-bond acceptors (Lipinski definition) is 3. The summed E-state index contributed by atoms with van der Waals surface area (Å²) in [5.41, 5.74) is 0. The number of methoxy groups -OCH3 is 1. The van der Waals surface area contributed by atoms with Crippen LogP contribution in [0.15, 0.2) is 0 Å². The van der Waals surface area contributed by atoms with Gasteiger partial charge in [0.25, 0.3) is 0 Å². The maximum atomic E-state index is 12.5. The summed E-state index contributed by atoms with van der Waals surface area (Å²) in [6.45, 7) is 0.424. The highest BCUT2D eigenvalue weighted by molar-refractivity contribution is 5.74. The van der Waals surface area contributed by atoms with Gasteiger partial charge < -0.3 is 14.6 Å². The van der Waals surface area contributed by atoms with E-state index in [4.69, 9.17) is 5.11 Å². The number of halogens is 1. The molecule has 0 rings (SSSR count). The molecule has 0 aromatic heterocycles. The van der Waals surface area contributed by atoms with E-state index in [9.17, 15) is 9.18 Å². The second kappa shape index (κ2) is 3.48. The number of aliphatic carboxylic acids is 1. The summed E-state index contributed by atoms with van der Waals surface area (Å²) >= 11 is 0. The predicted molar refractivity (Wildman–Crippen MR) is 30.1 cm³/mol. The first-order valence-electron chi connectivity index (χ1n) is 2.56. The molecule has 0 heterocycles. The summed E-state index contributed by atoms with van der Waals surface area (Å²) in [7, 11) is 1.28. The third-order valence-corrected chi connectivity index (χ3v) is 0.830. The van der Waals surface area contributed by atoms with Crippen molar-refractivity contribution in [3.8, 4) is 0 Å². The second-order valence-electron chi connectivity index (χ2n) is 1.77. The van der Waals surface area contributed by atoms with Crippen LogP contribution in [0.4, 0.5) is 4.39 Å². The first-order chi connectivity index (χ1) is 4.50. The lowest BCUT2D eigenvalue weighted by molar-refractivity contribution is -0.211. The Hall–Kier alpha value is -0.680. The minimum atomic E-state index is -2.66. The molecule has 1 N–H and O–H groups in total. The molecule has 0 fully saturated rings. The zero-order valence-electron chi connectivity index (χ0n) is 5.76. The topological polar surface area (TPSA) is 55.8 Å². The number of ether oxygens (including phenoxy) is 2. The van der Waals surface area contributed by atoms with Gasteiger partial charge in [0.05, 0.1) is 0 Å². The molecule has 0 aliphatic rings. The minimum absolute atomic E-state index is 0.376. The molecule has 0 saturated heterocycles. The Morgan fingerprint density at radius 1 is 1.80 bits per heavy atom. The Kier molecular flexibility index (Phi) is 3.24. The minimum Gasteiger partial charge on any atom is -0.477 e. The molecule has 1 unspecified atom stereocenters. The monoisotopic (exact) mass is 152 g/mol. The highest BCUT2D eigenvalue weighted by Gasteiger charge is 2.33. The first-order valence-corrected chi connectivity index (χ1v) is 2.56. The first kappa shape index (κ1) is 9.32. The molecule has 10 heavy (non-hydrogen) atoms. The van der Waals surface area contributed by atoms with Crippen LogP contribution in [0.5, 0.6) is 0 Å². The Morgan fingerprint density at radius 3 is 2.60 bits per heavy atom. The Morgan fingerprint density at radius 2 is 2.30 bits per heavy atom. The SMILES string of the molecule is COCOC(C)(F)C(=O)O. The van der Waals surface area contributed by atoms with Crippen LogP contribution in [-0.2, 0) is 14.3 Å². The van der Waals surface area contributed by atoms with Crippen LogP contribution >= 0.6 is 0 Å². The van der Waals surface area contributed by atoms with Gasteiger partial charge in [-0.1, -0.05) is 0 Å². The maximum absolute atomic E-state index is 12.5. The van der Waals surface area contributed by atoms with Crippen LogP contribution in [0.1, 0.15) is 6.92 Å². The Bertz CT molecular complexity index is 123. The highest BCUT2D eigenvalue weighted by atomic mass is 19.2. The van der Waals surface area contributed by atoms with Crippen LogP contribution in [0, 0.1) is 0 Å². The van der Waals surface area contributed by atoms with Crippen molar-refractivity contribution in [2.75, 3.05) is 13.9 Å². The summed E-state index contributed by atoms with van der Waals surface area (Å²) in [5, 5.41) is 8.11. The number of hydrogen-bond donors (Lipinski definition) is 1. The van der Waals surface area contributed by atoms with E-state index in [1.54, 1.807) is 0 Å². The number of carboxylic acid groups (broad SMARTS) is 1. The molecular formula is C5H9FO4. The number of alkyl halides is 1. The van der Waals surface area contributed by atoms with E-state index in [1.807, 2.05) is 0 Å². The second-order valence-corrected chi connectivity index (χ2v) is 1.77. The molecule has 0 amide bonds. The van der Waals surface area contributed by atoms with Gasteiger partial charge in [-0.25, -0.2) is 4.79 Å². The van der Waals surface area contributed by atoms with E-state index in [-0.39, 0.29) is 6.79 Å². The van der Waals surface area contributed by atoms with Crippen molar-refractivity contribution in [3.63, 3.8) is 0 Å². The average Bonchev–Trinajstić information content (AvgIpc) is 1.84. The third-order valence-electron chi connectivity index (χ3n) is 0.830. The molecule has 0 aliphatic heterocycles. The zero-order chi connectivity index (χ0) is 8.20. The smallest absolute Gasteiger partial charge is 0.369 e. The molecule has 60 valence electrons. The van der Waals surface area contributed by atoms with Crippen LogP contribution < -0.4 is 0 Å². The van der Waals surface area contributed by atoms with E-state index < -0.39 is 11.8 Å². The molecule has 1 atom stereocenters. The fourth-order valence-corrected chi connectivity index (χ4v) is 0.231. The molecule has 5 heteroatoms. The van der Waals surface area contributed by atoms with Gasteiger partial charge in [-0.3, -0.25) is 0 Å². The van der Waals surface area contributed by atoms with E-state index in [1.165, 1.54) is 7.11 Å². The van der Waals surface area contributed by atoms with Gasteiger partial charge in [0.1, 0.15) is 0 Å². The van der Waals surface area contributed by atoms with Crippen LogP contribution in [-0.4, -0.2) is 30.8 Å². The fraction of sp³-hybridized carbons (Fsp3) is 0.800. The Labute approximate surface area is 57.5 Å². The molecule has 0 radical (unpaired) electrons. The number of rotatable bonds is 4. The molecule has 0 spiro atoms. The maximum Gasteiger partial charge on any atom is 0.369 e. The standard InChI is InChI=1S/C5H9FO4/c1-5(6,4(7)8)10-3-9-2/h3H2,1-2H3,(H,7,8). The lowest BCUT2D eigenvalue weighted by atomic mass is 10.4. The summed E-state index contributed by atoms with van der Waals surface area (Å²) in [4.78, 5) is 9.97. The van der Waals surface area contributed by atoms with Gasteiger partial charge in [-0.05, 0) is 0 Å². The van der Waals surface area contributed by atoms with E-state index >= 15 is 0 Å². The summed E-state index contributed by atoms with van der Waals surface area (Å²) in [6.07, 6.45) is 0. The molecule has 0 aliphatic carbocycles. The van der Waals surface area contributed by atoms with E-state index in [0.717, 1.165) is 6.92 Å². The van der Waals surface area contributed by atoms with Crippen molar-refractivity contribution in [3.05, 3.63) is 0 Å². The van der Waals surface area contributed by atoms with Gasteiger partial charge >= 0.3 is 11.8 Å². The molecule has 0 bridgehead atoms. The van der Waals surface area contributed by atoms with Crippen molar-refractivity contribution >= 4 is 5.97 Å². The van der Waals surface area contributed by atoms with Gasteiger partial charge in [-0.15, -0.1) is 0 Å². The van der Waals surface area contributed by atoms with Crippen LogP contribution in [0.2, 0.25) is 0 Å². The predicted octanol–water partition coefficient (Wildman–Crippen LogP) is 0.377. The van der Waals surface area contributed by atoms with Crippen molar-refractivity contribution < 1.29 is 23.8 Å².